The zero-order valence-corrected chi connectivity index (χ0v) is 10.7. The highest BCUT2D eigenvalue weighted by molar-refractivity contribution is 5.77. The minimum Gasteiger partial charge on any atom is -0.483 e. The van der Waals surface area contributed by atoms with Gasteiger partial charge in [-0.25, -0.2) is 4.39 Å². The van der Waals surface area contributed by atoms with Crippen LogP contribution in [0.25, 0.3) is 0 Å². The Hall–Kier alpha value is -1.62. The molecule has 0 fully saturated rings. The van der Waals surface area contributed by atoms with Crippen LogP contribution in [0.2, 0.25) is 0 Å². The first-order valence-corrected chi connectivity index (χ1v) is 5.99. The van der Waals surface area contributed by atoms with Crippen LogP contribution in [0.4, 0.5) is 4.39 Å². The monoisotopic (exact) mass is 254 g/mol. The van der Waals surface area contributed by atoms with Gasteiger partial charge in [-0.2, -0.15) is 0 Å². The summed E-state index contributed by atoms with van der Waals surface area (Å²) in [6, 6.07) is 3.74. The molecule has 18 heavy (non-hydrogen) atoms. The fourth-order valence-corrected chi connectivity index (χ4v) is 1.47. The molecule has 0 saturated carbocycles. The van der Waals surface area contributed by atoms with Crippen molar-refractivity contribution in [2.24, 2.45) is 5.73 Å². The van der Waals surface area contributed by atoms with Crippen LogP contribution in [0.5, 0.6) is 5.75 Å². The van der Waals surface area contributed by atoms with Crippen molar-refractivity contribution in [1.29, 1.82) is 0 Å². The first kappa shape index (κ1) is 14.4. The molecule has 0 radical (unpaired) electrons. The molecule has 1 rings (SSSR count). The standard InChI is InChI=1S/C13H19FN2O2/c1-3-6-16-13(17)8-18-12-5-4-10(14)7-11(12)9(2)15/h4-5,7,9H,3,6,8,15H2,1-2H3,(H,16,17). The van der Waals surface area contributed by atoms with Crippen LogP contribution >= 0.6 is 0 Å². The Bertz CT molecular complexity index is 408. The van der Waals surface area contributed by atoms with Crippen LogP contribution in [-0.2, 0) is 4.79 Å². The summed E-state index contributed by atoms with van der Waals surface area (Å²) in [6.07, 6.45) is 0.868. The number of ether oxygens (including phenoxy) is 1. The fourth-order valence-electron chi connectivity index (χ4n) is 1.47. The molecular weight excluding hydrogens is 235 g/mol. The van der Waals surface area contributed by atoms with E-state index in [4.69, 9.17) is 10.5 Å². The molecule has 3 N–H and O–H groups in total. The Morgan fingerprint density at radius 2 is 2.28 bits per heavy atom. The predicted octanol–water partition coefficient (Wildman–Crippen LogP) is 1.75. The van der Waals surface area contributed by atoms with E-state index in [0.29, 0.717) is 17.9 Å². The SMILES string of the molecule is CCCNC(=O)COc1ccc(F)cc1C(C)N. The van der Waals surface area contributed by atoms with Crippen LogP contribution in [-0.4, -0.2) is 19.1 Å². The Balaban J connectivity index is 2.64. The van der Waals surface area contributed by atoms with Gasteiger partial charge in [0.1, 0.15) is 11.6 Å². The quantitative estimate of drug-likeness (QED) is 0.813. The first-order chi connectivity index (χ1) is 8.54. The van der Waals surface area contributed by atoms with Gasteiger partial charge in [-0.1, -0.05) is 6.92 Å². The van der Waals surface area contributed by atoms with Crippen molar-refractivity contribution < 1.29 is 13.9 Å². The highest BCUT2D eigenvalue weighted by Crippen LogP contribution is 2.24. The van der Waals surface area contributed by atoms with Gasteiger partial charge in [0.15, 0.2) is 6.61 Å². The largest absolute Gasteiger partial charge is 0.483 e. The highest BCUT2D eigenvalue weighted by atomic mass is 19.1. The summed E-state index contributed by atoms with van der Waals surface area (Å²) >= 11 is 0. The number of hydrogen-bond donors (Lipinski definition) is 2. The number of rotatable bonds is 6. The number of benzene rings is 1. The fraction of sp³-hybridized carbons (Fsp3) is 0.462. The Morgan fingerprint density at radius 1 is 1.56 bits per heavy atom. The molecule has 4 nitrogen and oxygen atoms in total. The Kier molecular flexibility index (Phi) is 5.58. The molecule has 1 unspecified atom stereocenters. The van der Waals surface area contributed by atoms with E-state index < -0.39 is 0 Å². The minimum absolute atomic E-state index is 0.0919. The van der Waals surface area contributed by atoms with E-state index in [1.165, 1.54) is 18.2 Å². The highest BCUT2D eigenvalue weighted by Gasteiger charge is 2.11. The molecule has 1 amide bonds. The Labute approximate surface area is 106 Å². The van der Waals surface area contributed by atoms with Gasteiger partial charge < -0.3 is 15.8 Å². The molecule has 100 valence electrons. The van der Waals surface area contributed by atoms with Gasteiger partial charge in [0, 0.05) is 18.2 Å². The topological polar surface area (TPSA) is 64.3 Å². The van der Waals surface area contributed by atoms with Crippen LogP contribution in [0.3, 0.4) is 0 Å². The van der Waals surface area contributed by atoms with Crippen LogP contribution in [0.15, 0.2) is 18.2 Å². The summed E-state index contributed by atoms with van der Waals surface area (Å²) < 4.78 is 18.4. The van der Waals surface area contributed by atoms with E-state index in [2.05, 4.69) is 5.32 Å². The second-order valence-electron chi connectivity index (χ2n) is 4.11. The summed E-state index contributed by atoms with van der Waals surface area (Å²) in [5.74, 6) is -0.125. The molecule has 1 aromatic carbocycles. The molecule has 0 bridgehead atoms. The molecule has 0 aliphatic heterocycles. The van der Waals surface area contributed by atoms with E-state index in [0.717, 1.165) is 6.42 Å². The van der Waals surface area contributed by atoms with Crippen molar-refractivity contribution in [3.8, 4) is 5.75 Å². The van der Waals surface area contributed by atoms with Gasteiger partial charge in [-0.3, -0.25) is 4.79 Å². The molecule has 0 heterocycles. The summed E-state index contributed by atoms with van der Waals surface area (Å²) in [4.78, 5) is 11.4. The maximum atomic E-state index is 13.1. The number of nitrogens with one attached hydrogen (secondary N) is 1. The maximum absolute atomic E-state index is 13.1. The lowest BCUT2D eigenvalue weighted by molar-refractivity contribution is -0.123. The van der Waals surface area contributed by atoms with E-state index >= 15 is 0 Å². The van der Waals surface area contributed by atoms with Crippen molar-refractivity contribution in [1.82, 2.24) is 5.32 Å². The predicted molar refractivity (Wildman–Crippen MR) is 67.8 cm³/mol. The number of nitrogens with two attached hydrogens (primary N) is 1. The summed E-state index contributed by atoms with van der Waals surface area (Å²) in [6.45, 7) is 4.23. The molecule has 0 saturated heterocycles. The van der Waals surface area contributed by atoms with Crippen molar-refractivity contribution in [3.05, 3.63) is 29.6 Å². The van der Waals surface area contributed by atoms with Gasteiger partial charge in [0.05, 0.1) is 0 Å². The molecule has 0 spiro atoms. The average Bonchev–Trinajstić information content (AvgIpc) is 2.34. The summed E-state index contributed by atoms with van der Waals surface area (Å²) in [5, 5.41) is 2.69. The molecule has 1 aromatic rings. The van der Waals surface area contributed by atoms with Crippen LogP contribution in [0, 0.1) is 5.82 Å². The van der Waals surface area contributed by atoms with Crippen LogP contribution in [0.1, 0.15) is 31.9 Å². The van der Waals surface area contributed by atoms with E-state index in [9.17, 15) is 9.18 Å². The lowest BCUT2D eigenvalue weighted by Crippen LogP contribution is -2.29. The van der Waals surface area contributed by atoms with E-state index in [1.54, 1.807) is 6.92 Å². The van der Waals surface area contributed by atoms with Gasteiger partial charge in [-0.15, -0.1) is 0 Å². The zero-order chi connectivity index (χ0) is 13.5. The summed E-state index contributed by atoms with van der Waals surface area (Å²) in [7, 11) is 0. The van der Waals surface area contributed by atoms with Crippen molar-refractivity contribution >= 4 is 5.91 Å². The first-order valence-electron chi connectivity index (χ1n) is 5.99. The van der Waals surface area contributed by atoms with Gasteiger partial charge in [0.2, 0.25) is 0 Å². The molecule has 1 atom stereocenters. The molecule has 0 aliphatic rings. The third-order valence-electron chi connectivity index (χ3n) is 2.39. The number of amides is 1. The maximum Gasteiger partial charge on any atom is 0.257 e. The number of carbonyl (C=O) groups is 1. The average molecular weight is 254 g/mol. The lowest BCUT2D eigenvalue weighted by atomic mass is 10.1. The molecular formula is C13H19FN2O2. The smallest absolute Gasteiger partial charge is 0.257 e. The van der Waals surface area contributed by atoms with E-state index in [-0.39, 0.29) is 24.4 Å². The van der Waals surface area contributed by atoms with Crippen LogP contribution < -0.4 is 15.8 Å². The van der Waals surface area contributed by atoms with Crippen molar-refractivity contribution in [2.75, 3.05) is 13.2 Å². The third-order valence-corrected chi connectivity index (χ3v) is 2.39. The van der Waals surface area contributed by atoms with Crippen molar-refractivity contribution in [2.45, 2.75) is 26.3 Å². The second kappa shape index (κ2) is 6.96. The third kappa shape index (κ3) is 4.33. The minimum atomic E-state index is -0.370. The normalized spacial score (nSPS) is 12.0. The van der Waals surface area contributed by atoms with Crippen molar-refractivity contribution in [3.63, 3.8) is 0 Å². The lowest BCUT2D eigenvalue weighted by Gasteiger charge is -2.14. The molecule has 0 aromatic heterocycles. The molecule has 5 heteroatoms. The van der Waals surface area contributed by atoms with Gasteiger partial charge in [-0.05, 0) is 31.5 Å². The summed E-state index contributed by atoms with van der Waals surface area (Å²) in [5.41, 5.74) is 6.28. The number of halogens is 1. The second-order valence-corrected chi connectivity index (χ2v) is 4.11. The zero-order valence-electron chi connectivity index (χ0n) is 10.7. The van der Waals surface area contributed by atoms with E-state index in [1.807, 2.05) is 6.92 Å². The molecule has 0 aliphatic carbocycles. The van der Waals surface area contributed by atoms with Gasteiger partial charge in [0.25, 0.3) is 5.91 Å². The number of hydrogen-bond acceptors (Lipinski definition) is 3. The van der Waals surface area contributed by atoms with Gasteiger partial charge >= 0.3 is 0 Å². The number of carbonyl (C=O) groups excluding carboxylic acids is 1. The Morgan fingerprint density at radius 3 is 2.89 bits per heavy atom.